The van der Waals surface area contributed by atoms with Crippen LogP contribution in [0.1, 0.15) is 30.8 Å². The standard InChI is InChI=1S/C13H21N3O3/c1-7(2)11(13(18)19)6-14-12(17)5-10-8(3)15-16-9(10)4/h7,11H,5-6H2,1-4H3,(H,14,17)(H,15,16)(H,18,19). The number of nitrogens with zero attached hydrogens (tertiary/aromatic N) is 1. The Morgan fingerprint density at radius 1 is 1.37 bits per heavy atom. The van der Waals surface area contributed by atoms with Gasteiger partial charge in [0.1, 0.15) is 0 Å². The minimum Gasteiger partial charge on any atom is -0.481 e. The van der Waals surface area contributed by atoms with Crippen LogP contribution in [0, 0.1) is 25.7 Å². The van der Waals surface area contributed by atoms with Crippen molar-refractivity contribution in [3.63, 3.8) is 0 Å². The van der Waals surface area contributed by atoms with Gasteiger partial charge in [0, 0.05) is 17.8 Å². The van der Waals surface area contributed by atoms with Crippen LogP contribution in [0.4, 0.5) is 0 Å². The van der Waals surface area contributed by atoms with Crippen molar-refractivity contribution >= 4 is 11.9 Å². The van der Waals surface area contributed by atoms with Crippen LogP contribution in [0.3, 0.4) is 0 Å². The number of aromatic nitrogens is 2. The lowest BCUT2D eigenvalue weighted by atomic mass is 9.96. The van der Waals surface area contributed by atoms with E-state index in [4.69, 9.17) is 5.11 Å². The van der Waals surface area contributed by atoms with E-state index in [1.807, 2.05) is 27.7 Å². The average Bonchev–Trinajstić information content (AvgIpc) is 2.60. The second-order valence-corrected chi connectivity index (χ2v) is 5.08. The number of carboxylic acids is 1. The van der Waals surface area contributed by atoms with Gasteiger partial charge in [-0.3, -0.25) is 14.7 Å². The Labute approximate surface area is 112 Å². The van der Waals surface area contributed by atoms with Crippen LogP contribution in [0.25, 0.3) is 0 Å². The number of carbonyl (C=O) groups is 2. The summed E-state index contributed by atoms with van der Waals surface area (Å²) in [4.78, 5) is 22.8. The average molecular weight is 267 g/mol. The number of amides is 1. The molecule has 0 aliphatic rings. The fraction of sp³-hybridized carbons (Fsp3) is 0.615. The maximum atomic E-state index is 11.8. The molecule has 1 aromatic heterocycles. The smallest absolute Gasteiger partial charge is 0.308 e. The molecule has 1 heterocycles. The van der Waals surface area contributed by atoms with Crippen molar-refractivity contribution in [1.82, 2.24) is 15.5 Å². The predicted molar refractivity (Wildman–Crippen MR) is 70.7 cm³/mol. The van der Waals surface area contributed by atoms with Crippen molar-refractivity contribution in [3.8, 4) is 0 Å². The molecule has 6 nitrogen and oxygen atoms in total. The summed E-state index contributed by atoms with van der Waals surface area (Å²) in [5, 5.41) is 18.6. The highest BCUT2D eigenvalue weighted by molar-refractivity contribution is 5.80. The number of rotatable bonds is 6. The SMILES string of the molecule is Cc1n[nH]c(C)c1CC(=O)NCC(C(=O)O)C(C)C. The zero-order valence-electron chi connectivity index (χ0n) is 11.8. The summed E-state index contributed by atoms with van der Waals surface area (Å²) in [6.07, 6.45) is 0.221. The first-order valence-electron chi connectivity index (χ1n) is 6.32. The number of hydrogen-bond acceptors (Lipinski definition) is 3. The van der Waals surface area contributed by atoms with Crippen LogP contribution in [-0.4, -0.2) is 33.7 Å². The van der Waals surface area contributed by atoms with Crippen molar-refractivity contribution in [2.75, 3.05) is 6.54 Å². The Morgan fingerprint density at radius 3 is 2.42 bits per heavy atom. The van der Waals surface area contributed by atoms with Gasteiger partial charge in [-0.1, -0.05) is 13.8 Å². The van der Waals surface area contributed by atoms with Gasteiger partial charge in [-0.15, -0.1) is 0 Å². The number of aryl methyl sites for hydroxylation is 2. The van der Waals surface area contributed by atoms with E-state index in [1.165, 1.54) is 0 Å². The molecule has 0 aliphatic heterocycles. The number of hydrogen-bond donors (Lipinski definition) is 3. The quantitative estimate of drug-likeness (QED) is 0.717. The van der Waals surface area contributed by atoms with Gasteiger partial charge in [0.15, 0.2) is 0 Å². The third kappa shape index (κ3) is 4.08. The van der Waals surface area contributed by atoms with Crippen LogP contribution >= 0.6 is 0 Å². The molecular formula is C13H21N3O3. The molecule has 3 N–H and O–H groups in total. The fourth-order valence-corrected chi connectivity index (χ4v) is 1.89. The molecular weight excluding hydrogens is 246 g/mol. The van der Waals surface area contributed by atoms with Gasteiger partial charge in [0.05, 0.1) is 18.0 Å². The Hall–Kier alpha value is -1.85. The summed E-state index contributed by atoms with van der Waals surface area (Å²) in [6.45, 7) is 7.50. The molecule has 1 aromatic rings. The maximum absolute atomic E-state index is 11.8. The van der Waals surface area contributed by atoms with E-state index in [1.54, 1.807) is 0 Å². The monoisotopic (exact) mass is 267 g/mol. The number of H-pyrrole nitrogens is 1. The summed E-state index contributed by atoms with van der Waals surface area (Å²) in [7, 11) is 0. The zero-order chi connectivity index (χ0) is 14.6. The van der Waals surface area contributed by atoms with E-state index >= 15 is 0 Å². The Kier molecular flexibility index (Phi) is 5.09. The van der Waals surface area contributed by atoms with Gasteiger partial charge in [0.25, 0.3) is 0 Å². The van der Waals surface area contributed by atoms with Crippen molar-refractivity contribution in [1.29, 1.82) is 0 Å². The highest BCUT2D eigenvalue weighted by Crippen LogP contribution is 2.11. The molecule has 19 heavy (non-hydrogen) atoms. The summed E-state index contributed by atoms with van der Waals surface area (Å²) >= 11 is 0. The third-order valence-electron chi connectivity index (χ3n) is 3.26. The summed E-state index contributed by atoms with van der Waals surface area (Å²) in [6, 6.07) is 0. The molecule has 0 fully saturated rings. The molecule has 106 valence electrons. The molecule has 1 unspecified atom stereocenters. The molecule has 0 radical (unpaired) electrons. The largest absolute Gasteiger partial charge is 0.481 e. The second kappa shape index (κ2) is 6.36. The van der Waals surface area contributed by atoms with Gasteiger partial charge < -0.3 is 10.4 Å². The first kappa shape index (κ1) is 15.2. The second-order valence-electron chi connectivity index (χ2n) is 5.08. The lowest BCUT2D eigenvalue weighted by Gasteiger charge is -2.16. The molecule has 1 atom stereocenters. The first-order valence-corrected chi connectivity index (χ1v) is 6.32. The lowest BCUT2D eigenvalue weighted by molar-refractivity contribution is -0.143. The number of aromatic amines is 1. The van der Waals surface area contributed by atoms with E-state index in [9.17, 15) is 9.59 Å². The Morgan fingerprint density at radius 2 is 2.00 bits per heavy atom. The molecule has 0 aliphatic carbocycles. The van der Waals surface area contributed by atoms with E-state index < -0.39 is 11.9 Å². The van der Waals surface area contributed by atoms with Gasteiger partial charge in [-0.2, -0.15) is 5.10 Å². The highest BCUT2D eigenvalue weighted by Gasteiger charge is 2.22. The molecule has 0 bridgehead atoms. The molecule has 6 heteroatoms. The van der Waals surface area contributed by atoms with E-state index in [2.05, 4.69) is 15.5 Å². The summed E-state index contributed by atoms with van der Waals surface area (Å²) < 4.78 is 0. The lowest BCUT2D eigenvalue weighted by Crippen LogP contribution is -2.36. The third-order valence-corrected chi connectivity index (χ3v) is 3.26. The zero-order valence-corrected chi connectivity index (χ0v) is 11.8. The van der Waals surface area contributed by atoms with Crippen molar-refractivity contribution in [2.24, 2.45) is 11.8 Å². The normalized spacial score (nSPS) is 12.5. The fourth-order valence-electron chi connectivity index (χ4n) is 1.89. The van der Waals surface area contributed by atoms with E-state index in [0.717, 1.165) is 17.0 Å². The van der Waals surface area contributed by atoms with Crippen LogP contribution in [0.5, 0.6) is 0 Å². The summed E-state index contributed by atoms with van der Waals surface area (Å²) in [5.41, 5.74) is 2.53. The number of carboxylic acid groups (broad SMARTS) is 1. The molecule has 1 rings (SSSR count). The minimum atomic E-state index is -0.883. The topological polar surface area (TPSA) is 95.1 Å². The summed E-state index contributed by atoms with van der Waals surface area (Å²) in [5.74, 6) is -1.64. The number of aliphatic carboxylic acids is 1. The van der Waals surface area contributed by atoms with Crippen molar-refractivity contribution < 1.29 is 14.7 Å². The van der Waals surface area contributed by atoms with Crippen LogP contribution in [0.2, 0.25) is 0 Å². The molecule has 0 spiro atoms. The highest BCUT2D eigenvalue weighted by atomic mass is 16.4. The first-order chi connectivity index (χ1) is 8.82. The molecule has 0 saturated carbocycles. The predicted octanol–water partition coefficient (Wildman–Crippen LogP) is 1.04. The Bertz CT molecular complexity index is 446. The molecule has 0 saturated heterocycles. The van der Waals surface area contributed by atoms with Gasteiger partial charge in [0.2, 0.25) is 5.91 Å². The number of carbonyl (C=O) groups excluding carboxylic acids is 1. The van der Waals surface area contributed by atoms with Gasteiger partial charge >= 0.3 is 5.97 Å². The van der Waals surface area contributed by atoms with Crippen molar-refractivity contribution in [3.05, 3.63) is 17.0 Å². The molecule has 0 aromatic carbocycles. The van der Waals surface area contributed by atoms with Crippen LogP contribution < -0.4 is 5.32 Å². The van der Waals surface area contributed by atoms with Crippen LogP contribution in [-0.2, 0) is 16.0 Å². The van der Waals surface area contributed by atoms with E-state index in [0.29, 0.717) is 0 Å². The maximum Gasteiger partial charge on any atom is 0.308 e. The van der Waals surface area contributed by atoms with Crippen molar-refractivity contribution in [2.45, 2.75) is 34.1 Å². The van der Waals surface area contributed by atoms with Gasteiger partial charge in [-0.25, -0.2) is 0 Å². The van der Waals surface area contributed by atoms with Gasteiger partial charge in [-0.05, 0) is 19.8 Å². The molecule has 1 amide bonds. The minimum absolute atomic E-state index is 0.0183. The van der Waals surface area contributed by atoms with Crippen LogP contribution in [0.15, 0.2) is 0 Å². The van der Waals surface area contributed by atoms with E-state index in [-0.39, 0.29) is 24.8 Å². The number of nitrogens with one attached hydrogen (secondary N) is 2. The Balaban J connectivity index is 2.55.